The van der Waals surface area contributed by atoms with Crippen molar-refractivity contribution in [1.29, 1.82) is 0 Å². The quantitative estimate of drug-likeness (QED) is 0.622. The van der Waals surface area contributed by atoms with Crippen molar-refractivity contribution < 1.29 is 14.8 Å². The molecule has 0 saturated heterocycles. The van der Waals surface area contributed by atoms with Crippen LogP contribution in [-0.2, 0) is 11.2 Å². The number of rotatable bonds is 6. The molecular formula is C15H14ClN3O4. The first-order valence-corrected chi connectivity index (χ1v) is 7.21. The van der Waals surface area contributed by atoms with Gasteiger partial charge in [0.05, 0.1) is 11.0 Å². The Labute approximate surface area is 137 Å². The number of pyridine rings is 1. The number of anilines is 1. The highest BCUT2D eigenvalue weighted by Crippen LogP contribution is 2.25. The minimum atomic E-state index is -0.676. The van der Waals surface area contributed by atoms with Crippen LogP contribution in [0, 0.1) is 10.1 Å². The zero-order chi connectivity index (χ0) is 16.8. The highest BCUT2D eigenvalue weighted by atomic mass is 35.5. The van der Waals surface area contributed by atoms with Gasteiger partial charge >= 0.3 is 0 Å². The molecule has 0 atom stereocenters. The Morgan fingerprint density at radius 3 is 2.65 bits per heavy atom. The predicted octanol–water partition coefficient (Wildman–Crippen LogP) is 3.31. The Hall–Kier alpha value is -2.67. The minimum absolute atomic E-state index is 0.0907. The second kappa shape index (κ2) is 7.55. The van der Waals surface area contributed by atoms with Gasteiger partial charge in [0.1, 0.15) is 6.20 Å². The van der Waals surface area contributed by atoms with E-state index in [2.05, 4.69) is 10.3 Å². The number of amides is 1. The van der Waals surface area contributed by atoms with E-state index in [0.29, 0.717) is 17.9 Å². The molecule has 1 heterocycles. The van der Waals surface area contributed by atoms with Gasteiger partial charge in [-0.3, -0.25) is 14.9 Å². The lowest BCUT2D eigenvalue weighted by Crippen LogP contribution is -2.12. The lowest BCUT2D eigenvalue weighted by atomic mass is 10.1. The lowest BCUT2D eigenvalue weighted by molar-refractivity contribution is -0.385. The maximum absolute atomic E-state index is 11.8. The Morgan fingerprint density at radius 2 is 2.04 bits per heavy atom. The fourth-order valence-corrected chi connectivity index (χ4v) is 2.06. The molecular weight excluding hydrogens is 322 g/mol. The Morgan fingerprint density at radius 1 is 1.35 bits per heavy atom. The second-order valence-electron chi connectivity index (χ2n) is 4.85. The summed E-state index contributed by atoms with van der Waals surface area (Å²) >= 11 is 5.80. The van der Waals surface area contributed by atoms with Gasteiger partial charge in [0.15, 0.2) is 11.6 Å². The molecule has 0 spiro atoms. The molecule has 0 bridgehead atoms. The standard InChI is InChI=1S/C15H14ClN3O4/c16-11-6-4-10(5-7-11)2-1-3-14(21)18-15-13(20)8-12(9-17-15)19(22)23/h4-9,20H,1-3H2,(H,17,18,21). The van der Waals surface area contributed by atoms with Crippen molar-refractivity contribution in [1.82, 2.24) is 4.98 Å². The number of carbonyl (C=O) groups excluding carboxylic acids is 1. The van der Waals surface area contributed by atoms with Gasteiger partial charge in [-0.15, -0.1) is 0 Å². The van der Waals surface area contributed by atoms with Gasteiger partial charge in [-0.2, -0.15) is 0 Å². The van der Waals surface area contributed by atoms with Gasteiger partial charge < -0.3 is 10.4 Å². The van der Waals surface area contributed by atoms with Gasteiger partial charge in [0.2, 0.25) is 5.91 Å². The van der Waals surface area contributed by atoms with Crippen LogP contribution in [0.4, 0.5) is 11.5 Å². The van der Waals surface area contributed by atoms with E-state index in [1.807, 2.05) is 12.1 Å². The van der Waals surface area contributed by atoms with Crippen molar-refractivity contribution in [3.05, 3.63) is 57.2 Å². The van der Waals surface area contributed by atoms with Crippen LogP contribution < -0.4 is 5.32 Å². The van der Waals surface area contributed by atoms with Crippen LogP contribution in [-0.4, -0.2) is 20.9 Å². The highest BCUT2D eigenvalue weighted by Gasteiger charge is 2.13. The maximum Gasteiger partial charge on any atom is 0.291 e. The van der Waals surface area contributed by atoms with Crippen LogP contribution in [0.25, 0.3) is 0 Å². The second-order valence-corrected chi connectivity index (χ2v) is 5.28. The summed E-state index contributed by atoms with van der Waals surface area (Å²) in [5.74, 6) is -0.854. The summed E-state index contributed by atoms with van der Waals surface area (Å²) in [6.45, 7) is 0. The third kappa shape index (κ3) is 4.93. The first-order valence-electron chi connectivity index (χ1n) is 6.83. The van der Waals surface area contributed by atoms with E-state index < -0.39 is 10.7 Å². The Bertz CT molecular complexity index is 719. The monoisotopic (exact) mass is 335 g/mol. The number of aryl methyl sites for hydroxylation is 1. The molecule has 2 aromatic rings. The third-order valence-electron chi connectivity index (χ3n) is 3.10. The summed E-state index contributed by atoms with van der Waals surface area (Å²) in [6, 6.07) is 8.30. The zero-order valence-electron chi connectivity index (χ0n) is 12.0. The molecule has 1 aromatic heterocycles. The first kappa shape index (κ1) is 16.7. The Kier molecular flexibility index (Phi) is 5.48. The van der Waals surface area contributed by atoms with Crippen molar-refractivity contribution in [2.24, 2.45) is 0 Å². The molecule has 8 heteroatoms. The highest BCUT2D eigenvalue weighted by molar-refractivity contribution is 6.30. The number of aromatic nitrogens is 1. The van der Waals surface area contributed by atoms with Crippen molar-refractivity contribution in [2.45, 2.75) is 19.3 Å². The molecule has 1 aromatic carbocycles. The average molecular weight is 336 g/mol. The predicted molar refractivity (Wildman–Crippen MR) is 85.6 cm³/mol. The van der Waals surface area contributed by atoms with E-state index in [0.717, 1.165) is 17.8 Å². The lowest BCUT2D eigenvalue weighted by Gasteiger charge is -2.06. The fourth-order valence-electron chi connectivity index (χ4n) is 1.94. The van der Waals surface area contributed by atoms with E-state index >= 15 is 0 Å². The number of hydrogen-bond donors (Lipinski definition) is 2. The molecule has 2 N–H and O–H groups in total. The number of nitro groups is 1. The van der Waals surface area contributed by atoms with Crippen LogP contribution in [0.3, 0.4) is 0 Å². The van der Waals surface area contributed by atoms with Crippen molar-refractivity contribution >= 4 is 29.0 Å². The summed E-state index contributed by atoms with van der Waals surface area (Å²) in [7, 11) is 0. The average Bonchev–Trinajstić information content (AvgIpc) is 2.51. The smallest absolute Gasteiger partial charge is 0.291 e. The number of benzene rings is 1. The van der Waals surface area contributed by atoms with E-state index in [-0.39, 0.29) is 23.8 Å². The molecule has 1 amide bonds. The molecule has 0 saturated carbocycles. The van der Waals surface area contributed by atoms with E-state index in [1.54, 1.807) is 12.1 Å². The van der Waals surface area contributed by atoms with Crippen molar-refractivity contribution in [2.75, 3.05) is 5.32 Å². The number of aromatic hydroxyl groups is 1. The fraction of sp³-hybridized carbons (Fsp3) is 0.200. The third-order valence-corrected chi connectivity index (χ3v) is 3.36. The van der Waals surface area contributed by atoms with Gasteiger partial charge in [-0.25, -0.2) is 4.98 Å². The minimum Gasteiger partial charge on any atom is -0.504 e. The molecule has 0 radical (unpaired) electrons. The van der Waals surface area contributed by atoms with Gasteiger partial charge in [-0.05, 0) is 30.5 Å². The van der Waals surface area contributed by atoms with E-state index in [4.69, 9.17) is 11.6 Å². The van der Waals surface area contributed by atoms with E-state index in [9.17, 15) is 20.0 Å². The molecule has 0 aliphatic carbocycles. The molecule has 120 valence electrons. The Balaban J connectivity index is 1.85. The molecule has 0 unspecified atom stereocenters. The SMILES string of the molecule is O=C(CCCc1ccc(Cl)cc1)Nc1ncc([N+](=O)[O-])cc1O. The normalized spacial score (nSPS) is 10.3. The topological polar surface area (TPSA) is 105 Å². The summed E-state index contributed by atoms with van der Waals surface area (Å²) < 4.78 is 0. The molecule has 2 rings (SSSR count). The molecule has 0 aliphatic rings. The van der Waals surface area contributed by atoms with Crippen molar-refractivity contribution in [3.8, 4) is 5.75 Å². The summed E-state index contributed by atoms with van der Waals surface area (Å²) in [5.41, 5.74) is 0.724. The van der Waals surface area contributed by atoms with Gasteiger partial charge in [-0.1, -0.05) is 23.7 Å². The maximum atomic E-state index is 11.8. The van der Waals surface area contributed by atoms with Gasteiger partial charge in [0.25, 0.3) is 5.69 Å². The van der Waals surface area contributed by atoms with Crippen molar-refractivity contribution in [3.63, 3.8) is 0 Å². The zero-order valence-corrected chi connectivity index (χ0v) is 12.8. The number of carbonyl (C=O) groups is 1. The largest absolute Gasteiger partial charge is 0.504 e. The van der Waals surface area contributed by atoms with Crippen LogP contribution in [0.15, 0.2) is 36.5 Å². The van der Waals surface area contributed by atoms with Crippen LogP contribution in [0.1, 0.15) is 18.4 Å². The first-order chi connectivity index (χ1) is 11.0. The number of halogens is 1. The van der Waals surface area contributed by atoms with E-state index in [1.165, 1.54) is 0 Å². The number of nitrogens with one attached hydrogen (secondary N) is 1. The molecule has 23 heavy (non-hydrogen) atoms. The molecule has 0 fully saturated rings. The summed E-state index contributed by atoms with van der Waals surface area (Å²) in [4.78, 5) is 25.4. The van der Waals surface area contributed by atoms with Crippen LogP contribution in [0.2, 0.25) is 5.02 Å². The van der Waals surface area contributed by atoms with Crippen LogP contribution in [0.5, 0.6) is 5.75 Å². The van der Waals surface area contributed by atoms with Gasteiger partial charge in [0, 0.05) is 11.4 Å². The number of hydrogen-bond acceptors (Lipinski definition) is 5. The molecule has 7 nitrogen and oxygen atoms in total. The van der Waals surface area contributed by atoms with Crippen LogP contribution >= 0.6 is 11.6 Å². The summed E-state index contributed by atoms with van der Waals surface area (Å²) in [6.07, 6.45) is 2.54. The molecule has 0 aliphatic heterocycles. The number of nitrogens with zero attached hydrogens (tertiary/aromatic N) is 2. The summed E-state index contributed by atoms with van der Waals surface area (Å²) in [5, 5.41) is 23.3.